The molecule has 1 fully saturated rings. The number of amides is 2. The van der Waals surface area contributed by atoms with Gasteiger partial charge in [-0.2, -0.15) is 0 Å². The third-order valence-electron chi connectivity index (χ3n) is 6.35. The first-order chi connectivity index (χ1) is 18.7. The Bertz CT molecular complexity index is 1480. The van der Waals surface area contributed by atoms with Crippen LogP contribution in [-0.2, 0) is 11.5 Å². The van der Waals surface area contributed by atoms with Crippen LogP contribution in [0.15, 0.2) is 54.9 Å². The number of anilines is 1. The molecule has 1 saturated carbocycles. The number of rotatable bonds is 10. The van der Waals surface area contributed by atoms with Crippen LogP contribution >= 0.6 is 11.6 Å². The summed E-state index contributed by atoms with van der Waals surface area (Å²) in [6.07, 6.45) is 3.46. The van der Waals surface area contributed by atoms with Crippen LogP contribution in [0.3, 0.4) is 0 Å². The lowest BCUT2D eigenvalue weighted by Gasteiger charge is -2.16. The number of urea groups is 1. The van der Waals surface area contributed by atoms with Crippen molar-refractivity contribution in [1.82, 2.24) is 19.9 Å². The molecule has 0 unspecified atom stereocenters. The monoisotopic (exact) mass is 565 g/mol. The second-order valence-corrected chi connectivity index (χ2v) is 16.9. The highest BCUT2D eigenvalue weighted by atomic mass is 35.5. The van der Waals surface area contributed by atoms with Gasteiger partial charge in [-0.3, -0.25) is 0 Å². The number of hydrogen-bond donors (Lipinski definition) is 3. The van der Waals surface area contributed by atoms with Crippen LogP contribution in [0.4, 0.5) is 10.5 Å². The number of phenolic OH excluding ortho intramolecular Hbond substituents is 1. The molecular weight excluding hydrogens is 534 g/mol. The largest absolute Gasteiger partial charge is 0.508 e. The molecule has 2 aromatic heterocycles. The number of hydrogen-bond acceptors (Lipinski definition) is 6. The van der Waals surface area contributed by atoms with Crippen molar-refractivity contribution in [2.24, 2.45) is 0 Å². The number of benzene rings is 2. The van der Waals surface area contributed by atoms with Crippen molar-refractivity contribution in [1.29, 1.82) is 0 Å². The fourth-order valence-electron chi connectivity index (χ4n) is 4.00. The number of fused-ring (bicyclic) bond motifs is 1. The molecule has 5 rings (SSSR count). The van der Waals surface area contributed by atoms with Crippen LogP contribution in [0.1, 0.15) is 12.8 Å². The van der Waals surface area contributed by atoms with Crippen molar-refractivity contribution < 1.29 is 19.4 Å². The van der Waals surface area contributed by atoms with Crippen LogP contribution in [0.5, 0.6) is 17.4 Å². The molecule has 0 saturated heterocycles. The Morgan fingerprint density at radius 3 is 2.59 bits per heavy atom. The molecule has 39 heavy (non-hydrogen) atoms. The molecule has 2 heterocycles. The lowest BCUT2D eigenvalue weighted by atomic mass is 10.1. The number of phenols is 1. The number of aromatic nitrogens is 3. The molecule has 1 aliphatic rings. The van der Waals surface area contributed by atoms with Gasteiger partial charge in [-0.15, -0.1) is 0 Å². The van der Waals surface area contributed by atoms with E-state index in [0.717, 1.165) is 30.1 Å². The van der Waals surface area contributed by atoms with Gasteiger partial charge in [0.2, 0.25) is 5.88 Å². The molecule has 11 heteroatoms. The zero-order valence-electron chi connectivity index (χ0n) is 22.2. The molecule has 0 radical (unpaired) electrons. The van der Waals surface area contributed by atoms with E-state index < -0.39 is 8.07 Å². The number of halogens is 1. The summed E-state index contributed by atoms with van der Waals surface area (Å²) < 4.78 is 14.2. The highest BCUT2D eigenvalue weighted by molar-refractivity contribution is 6.76. The zero-order chi connectivity index (χ0) is 27.6. The number of carbonyl (C=O) groups is 1. The molecule has 4 aromatic rings. The summed E-state index contributed by atoms with van der Waals surface area (Å²) in [5.74, 6) is 1.03. The molecule has 0 bridgehead atoms. The number of aromatic hydroxyl groups is 1. The Morgan fingerprint density at radius 2 is 1.90 bits per heavy atom. The maximum absolute atomic E-state index is 12.1. The maximum Gasteiger partial charge on any atom is 0.319 e. The van der Waals surface area contributed by atoms with Gasteiger partial charge in [0, 0.05) is 26.8 Å². The molecular formula is C28H32ClN5O4Si. The van der Waals surface area contributed by atoms with Crippen molar-refractivity contribution in [2.75, 3.05) is 11.9 Å². The van der Waals surface area contributed by atoms with E-state index in [0.29, 0.717) is 46.7 Å². The second-order valence-electron chi connectivity index (χ2n) is 10.9. The van der Waals surface area contributed by atoms with Gasteiger partial charge in [0.1, 0.15) is 30.2 Å². The fourth-order valence-corrected chi connectivity index (χ4v) is 4.98. The maximum atomic E-state index is 12.1. The van der Waals surface area contributed by atoms with Gasteiger partial charge < -0.3 is 29.8 Å². The molecule has 2 aromatic carbocycles. The summed E-state index contributed by atoms with van der Waals surface area (Å²) in [6, 6.07) is 15.0. The van der Waals surface area contributed by atoms with Crippen molar-refractivity contribution in [3.05, 3.63) is 59.9 Å². The van der Waals surface area contributed by atoms with Crippen LogP contribution < -0.4 is 15.4 Å². The first-order valence-corrected chi connectivity index (χ1v) is 17.0. The van der Waals surface area contributed by atoms with Crippen LogP contribution in [0.25, 0.3) is 22.3 Å². The topological polar surface area (TPSA) is 111 Å². The van der Waals surface area contributed by atoms with Gasteiger partial charge in [0.25, 0.3) is 0 Å². The lowest BCUT2D eigenvalue weighted by Crippen LogP contribution is -2.30. The predicted octanol–water partition coefficient (Wildman–Crippen LogP) is 6.85. The molecule has 0 spiro atoms. The number of ether oxygens (including phenoxy) is 2. The smallest absolute Gasteiger partial charge is 0.319 e. The normalized spacial score (nSPS) is 13.4. The van der Waals surface area contributed by atoms with E-state index >= 15 is 0 Å². The van der Waals surface area contributed by atoms with E-state index in [9.17, 15) is 9.90 Å². The van der Waals surface area contributed by atoms with Crippen LogP contribution in [-0.4, -0.2) is 46.4 Å². The van der Waals surface area contributed by atoms with Crippen LogP contribution in [0.2, 0.25) is 30.7 Å². The van der Waals surface area contributed by atoms with E-state index in [4.69, 9.17) is 21.1 Å². The van der Waals surface area contributed by atoms with Gasteiger partial charge in [-0.1, -0.05) is 31.2 Å². The molecule has 3 N–H and O–H groups in total. The quantitative estimate of drug-likeness (QED) is 0.143. The molecule has 0 aliphatic heterocycles. The van der Waals surface area contributed by atoms with Gasteiger partial charge >= 0.3 is 6.03 Å². The molecule has 1 aliphatic carbocycles. The highest BCUT2D eigenvalue weighted by Gasteiger charge is 2.23. The molecule has 9 nitrogen and oxygen atoms in total. The number of nitrogens with zero attached hydrogens (tertiary/aromatic N) is 3. The van der Waals surface area contributed by atoms with Crippen molar-refractivity contribution in [3.63, 3.8) is 0 Å². The van der Waals surface area contributed by atoms with Gasteiger partial charge in [0.05, 0.1) is 21.8 Å². The third-order valence-corrected chi connectivity index (χ3v) is 8.37. The Labute approximate surface area is 233 Å². The van der Waals surface area contributed by atoms with E-state index in [2.05, 4.69) is 40.2 Å². The van der Waals surface area contributed by atoms with E-state index in [1.54, 1.807) is 30.3 Å². The minimum Gasteiger partial charge on any atom is -0.508 e. The first kappa shape index (κ1) is 27.0. The Balaban J connectivity index is 1.41. The summed E-state index contributed by atoms with van der Waals surface area (Å²) in [6.45, 7) is 7.93. The summed E-state index contributed by atoms with van der Waals surface area (Å²) in [7, 11) is -1.24. The Kier molecular flexibility index (Phi) is 7.78. The van der Waals surface area contributed by atoms with E-state index in [-0.39, 0.29) is 17.8 Å². The SMILES string of the molecule is C[Si](C)(C)CCOCn1c(-c2ccc(O)cc2)cc2c(Oc3ccc(NC(=O)NC4CC4)c(Cl)c3)ncnc21. The second kappa shape index (κ2) is 11.2. The van der Waals surface area contributed by atoms with Crippen molar-refractivity contribution >= 4 is 42.4 Å². The summed E-state index contributed by atoms with van der Waals surface area (Å²) in [5, 5.41) is 16.5. The van der Waals surface area contributed by atoms with Gasteiger partial charge in [0.15, 0.2) is 0 Å². The first-order valence-electron chi connectivity index (χ1n) is 12.9. The van der Waals surface area contributed by atoms with Crippen molar-refractivity contribution in [3.8, 4) is 28.6 Å². The lowest BCUT2D eigenvalue weighted by molar-refractivity contribution is 0.0909. The zero-order valence-corrected chi connectivity index (χ0v) is 24.0. The van der Waals surface area contributed by atoms with Gasteiger partial charge in [-0.05, 0) is 66.9 Å². The summed E-state index contributed by atoms with van der Waals surface area (Å²) >= 11 is 6.44. The minimum atomic E-state index is -1.24. The summed E-state index contributed by atoms with van der Waals surface area (Å²) in [4.78, 5) is 21.0. The number of nitrogens with one attached hydrogen (secondary N) is 2. The Morgan fingerprint density at radius 1 is 1.13 bits per heavy atom. The fraction of sp³-hybridized carbons (Fsp3) is 0.321. The highest BCUT2D eigenvalue weighted by Crippen LogP contribution is 2.35. The van der Waals surface area contributed by atoms with Gasteiger partial charge in [-0.25, -0.2) is 14.8 Å². The molecule has 0 atom stereocenters. The standard InChI is InChI=1S/C28H32ClN5O4Si/c1-39(2,3)13-12-37-17-34-25(18-4-8-20(35)9-5-18)15-22-26(34)30-16-31-27(22)38-21-10-11-24(23(29)14-21)33-28(36)32-19-6-7-19/h4-5,8-11,14-16,19,35H,6-7,12-13,17H2,1-3H3,(H2,32,33,36). The Hall–Kier alpha value is -3.60. The average molecular weight is 566 g/mol. The summed E-state index contributed by atoms with van der Waals surface area (Å²) in [5.41, 5.74) is 2.92. The molecule has 204 valence electrons. The minimum absolute atomic E-state index is 0.191. The van der Waals surface area contributed by atoms with Crippen molar-refractivity contribution in [2.45, 2.75) is 51.3 Å². The van der Waals surface area contributed by atoms with Crippen LogP contribution in [0, 0.1) is 0 Å². The average Bonchev–Trinajstić information content (AvgIpc) is 3.61. The van der Waals surface area contributed by atoms with E-state index in [1.807, 2.05) is 22.8 Å². The predicted molar refractivity (Wildman–Crippen MR) is 155 cm³/mol. The van der Waals surface area contributed by atoms with E-state index in [1.165, 1.54) is 6.33 Å². The molecule has 2 amide bonds. The third kappa shape index (κ3) is 6.89. The number of carbonyl (C=O) groups excluding carboxylic acids is 1.